The summed E-state index contributed by atoms with van der Waals surface area (Å²) in [5.41, 5.74) is 0. The molecule has 3 atom stereocenters. The van der Waals surface area contributed by atoms with Gasteiger partial charge in [-0.15, -0.1) is 0 Å². The topological polar surface area (TPSA) is 41.5 Å². The standard InChI is InChI=1S/C10H21NO2/c1-3-13-8(2)7-11-9-5-4-6-10(9)12/h8-12H,3-7H2,1-2H3/t8?,9-,10-/m0/s1. The summed E-state index contributed by atoms with van der Waals surface area (Å²) in [6.45, 7) is 5.66. The fraction of sp³-hybridized carbons (Fsp3) is 1.00. The molecule has 1 aliphatic rings. The van der Waals surface area contributed by atoms with Crippen molar-refractivity contribution >= 4 is 0 Å². The summed E-state index contributed by atoms with van der Waals surface area (Å²) in [5.74, 6) is 0. The molecule has 78 valence electrons. The van der Waals surface area contributed by atoms with Crippen LogP contribution in [0.5, 0.6) is 0 Å². The summed E-state index contributed by atoms with van der Waals surface area (Å²) in [6.07, 6.45) is 3.29. The van der Waals surface area contributed by atoms with Gasteiger partial charge in [-0.1, -0.05) is 0 Å². The van der Waals surface area contributed by atoms with Crippen LogP contribution in [0.2, 0.25) is 0 Å². The fourth-order valence-electron chi connectivity index (χ4n) is 1.84. The average molecular weight is 187 g/mol. The fourth-order valence-corrected chi connectivity index (χ4v) is 1.84. The van der Waals surface area contributed by atoms with Crippen molar-refractivity contribution in [1.82, 2.24) is 5.32 Å². The van der Waals surface area contributed by atoms with Gasteiger partial charge in [-0.2, -0.15) is 0 Å². The Hall–Kier alpha value is -0.120. The molecule has 0 heterocycles. The minimum absolute atomic E-state index is 0.145. The molecule has 0 aliphatic heterocycles. The van der Waals surface area contributed by atoms with Crippen LogP contribution < -0.4 is 5.32 Å². The minimum Gasteiger partial charge on any atom is -0.392 e. The Kier molecular flexibility index (Phi) is 4.70. The van der Waals surface area contributed by atoms with Gasteiger partial charge in [0.2, 0.25) is 0 Å². The van der Waals surface area contributed by atoms with Crippen molar-refractivity contribution < 1.29 is 9.84 Å². The molecule has 13 heavy (non-hydrogen) atoms. The summed E-state index contributed by atoms with van der Waals surface area (Å²) in [7, 11) is 0. The first-order valence-electron chi connectivity index (χ1n) is 5.27. The predicted octanol–water partition coefficient (Wildman–Crippen LogP) is 0.914. The van der Waals surface area contributed by atoms with E-state index in [0.717, 1.165) is 32.4 Å². The molecule has 1 unspecified atom stereocenters. The number of nitrogens with one attached hydrogen (secondary N) is 1. The van der Waals surface area contributed by atoms with Gasteiger partial charge < -0.3 is 15.2 Å². The zero-order valence-corrected chi connectivity index (χ0v) is 8.62. The Morgan fingerprint density at radius 1 is 1.54 bits per heavy atom. The monoisotopic (exact) mass is 187 g/mol. The van der Waals surface area contributed by atoms with Crippen LogP contribution in [0, 0.1) is 0 Å². The van der Waals surface area contributed by atoms with Crippen LogP contribution in [0.25, 0.3) is 0 Å². The SMILES string of the molecule is CCOC(C)CN[C@H]1CCC[C@@H]1O. The third-order valence-electron chi connectivity index (χ3n) is 2.60. The summed E-state index contributed by atoms with van der Waals surface area (Å²) in [5, 5.41) is 12.9. The molecular weight excluding hydrogens is 166 g/mol. The Labute approximate surface area is 80.5 Å². The van der Waals surface area contributed by atoms with E-state index in [1.807, 2.05) is 6.92 Å². The van der Waals surface area contributed by atoms with Crippen molar-refractivity contribution in [1.29, 1.82) is 0 Å². The molecule has 1 fully saturated rings. The molecule has 0 radical (unpaired) electrons. The number of hydrogen-bond donors (Lipinski definition) is 2. The van der Waals surface area contributed by atoms with E-state index < -0.39 is 0 Å². The highest BCUT2D eigenvalue weighted by molar-refractivity contribution is 4.82. The van der Waals surface area contributed by atoms with Gasteiger partial charge in [0.15, 0.2) is 0 Å². The number of ether oxygens (including phenoxy) is 1. The first-order chi connectivity index (χ1) is 6.24. The van der Waals surface area contributed by atoms with Gasteiger partial charge in [-0.05, 0) is 33.1 Å². The maximum Gasteiger partial charge on any atom is 0.0693 e. The van der Waals surface area contributed by atoms with Crippen molar-refractivity contribution in [2.75, 3.05) is 13.2 Å². The summed E-state index contributed by atoms with van der Waals surface area (Å²) < 4.78 is 5.39. The molecule has 0 aromatic heterocycles. The number of aliphatic hydroxyl groups is 1. The van der Waals surface area contributed by atoms with E-state index in [1.54, 1.807) is 0 Å². The van der Waals surface area contributed by atoms with Crippen molar-refractivity contribution in [3.8, 4) is 0 Å². The van der Waals surface area contributed by atoms with E-state index in [-0.39, 0.29) is 12.2 Å². The van der Waals surface area contributed by atoms with Crippen LogP contribution in [0.15, 0.2) is 0 Å². The first-order valence-corrected chi connectivity index (χ1v) is 5.27. The first kappa shape index (κ1) is 11.0. The third kappa shape index (κ3) is 3.63. The molecule has 3 nitrogen and oxygen atoms in total. The largest absolute Gasteiger partial charge is 0.392 e. The number of rotatable bonds is 5. The van der Waals surface area contributed by atoms with Gasteiger partial charge in [0.25, 0.3) is 0 Å². The number of hydrogen-bond acceptors (Lipinski definition) is 3. The molecule has 0 aromatic carbocycles. The molecule has 0 bridgehead atoms. The zero-order valence-electron chi connectivity index (χ0n) is 8.62. The second-order valence-corrected chi connectivity index (χ2v) is 3.78. The molecule has 1 saturated carbocycles. The Morgan fingerprint density at radius 2 is 2.31 bits per heavy atom. The van der Waals surface area contributed by atoms with Crippen LogP contribution in [0.3, 0.4) is 0 Å². The molecule has 2 N–H and O–H groups in total. The summed E-state index contributed by atoms with van der Waals surface area (Å²) >= 11 is 0. The second kappa shape index (κ2) is 5.58. The van der Waals surface area contributed by atoms with Crippen LogP contribution in [-0.2, 0) is 4.74 Å². The highest BCUT2D eigenvalue weighted by Gasteiger charge is 2.24. The Bertz CT molecular complexity index is 141. The molecule has 0 amide bonds. The van der Waals surface area contributed by atoms with Crippen LogP contribution in [-0.4, -0.2) is 36.5 Å². The van der Waals surface area contributed by atoms with Gasteiger partial charge >= 0.3 is 0 Å². The van der Waals surface area contributed by atoms with Crippen molar-refractivity contribution in [2.45, 2.75) is 51.4 Å². The Balaban J connectivity index is 2.10. The maximum absolute atomic E-state index is 9.53. The lowest BCUT2D eigenvalue weighted by Crippen LogP contribution is -2.40. The van der Waals surface area contributed by atoms with E-state index in [4.69, 9.17) is 4.74 Å². The highest BCUT2D eigenvalue weighted by atomic mass is 16.5. The molecule has 0 spiro atoms. The molecule has 0 saturated heterocycles. The summed E-state index contributed by atoms with van der Waals surface area (Å²) in [4.78, 5) is 0. The third-order valence-corrected chi connectivity index (χ3v) is 2.60. The molecule has 1 aliphatic carbocycles. The molecule has 3 heteroatoms. The maximum atomic E-state index is 9.53. The van der Waals surface area contributed by atoms with Gasteiger partial charge in [-0.3, -0.25) is 0 Å². The lowest BCUT2D eigenvalue weighted by molar-refractivity contribution is 0.0674. The molecule has 0 aromatic rings. The predicted molar refractivity (Wildman–Crippen MR) is 52.7 cm³/mol. The van der Waals surface area contributed by atoms with Crippen molar-refractivity contribution in [3.63, 3.8) is 0 Å². The minimum atomic E-state index is -0.145. The van der Waals surface area contributed by atoms with Gasteiger partial charge in [0.05, 0.1) is 12.2 Å². The highest BCUT2D eigenvalue weighted by Crippen LogP contribution is 2.18. The second-order valence-electron chi connectivity index (χ2n) is 3.78. The van der Waals surface area contributed by atoms with Crippen LogP contribution in [0.4, 0.5) is 0 Å². The average Bonchev–Trinajstić information content (AvgIpc) is 2.48. The lowest BCUT2D eigenvalue weighted by atomic mass is 10.2. The summed E-state index contributed by atoms with van der Waals surface area (Å²) in [6, 6.07) is 0.294. The van der Waals surface area contributed by atoms with Crippen LogP contribution >= 0.6 is 0 Å². The lowest BCUT2D eigenvalue weighted by Gasteiger charge is -2.19. The molecular formula is C10H21NO2. The van der Waals surface area contributed by atoms with Crippen molar-refractivity contribution in [2.24, 2.45) is 0 Å². The van der Waals surface area contributed by atoms with E-state index in [1.165, 1.54) is 0 Å². The van der Waals surface area contributed by atoms with E-state index in [9.17, 15) is 5.11 Å². The molecule has 1 rings (SSSR count). The normalized spacial score (nSPS) is 30.7. The van der Waals surface area contributed by atoms with Crippen LogP contribution in [0.1, 0.15) is 33.1 Å². The van der Waals surface area contributed by atoms with Gasteiger partial charge in [0.1, 0.15) is 0 Å². The zero-order chi connectivity index (χ0) is 9.68. The van der Waals surface area contributed by atoms with Gasteiger partial charge in [-0.25, -0.2) is 0 Å². The smallest absolute Gasteiger partial charge is 0.0693 e. The van der Waals surface area contributed by atoms with E-state index in [0.29, 0.717) is 6.04 Å². The quantitative estimate of drug-likeness (QED) is 0.672. The van der Waals surface area contributed by atoms with Crippen molar-refractivity contribution in [3.05, 3.63) is 0 Å². The van der Waals surface area contributed by atoms with E-state index in [2.05, 4.69) is 12.2 Å². The van der Waals surface area contributed by atoms with Gasteiger partial charge in [0, 0.05) is 19.2 Å². The number of aliphatic hydroxyl groups excluding tert-OH is 1. The van der Waals surface area contributed by atoms with E-state index >= 15 is 0 Å². The Morgan fingerprint density at radius 3 is 2.85 bits per heavy atom.